The molecule has 158 valence electrons. The van der Waals surface area contributed by atoms with E-state index in [1.54, 1.807) is 30.3 Å². The van der Waals surface area contributed by atoms with Crippen LogP contribution in [0.4, 0.5) is 0 Å². The van der Waals surface area contributed by atoms with Crippen molar-refractivity contribution in [1.82, 2.24) is 0 Å². The summed E-state index contributed by atoms with van der Waals surface area (Å²) >= 11 is 0. The topological polar surface area (TPSA) is 209 Å². The molecule has 2 rings (SSSR count). The van der Waals surface area contributed by atoms with Crippen LogP contribution < -0.4 is 19.4 Å². The molecular weight excluding hydrogens is 416 g/mol. The van der Waals surface area contributed by atoms with Crippen LogP contribution in [0.5, 0.6) is 23.0 Å². The van der Waals surface area contributed by atoms with Crippen LogP contribution in [0.2, 0.25) is 0 Å². The molecule has 0 fully saturated rings. The summed E-state index contributed by atoms with van der Waals surface area (Å²) in [7, 11) is 0. The average molecular weight is 426 g/mol. The molecule has 0 N–H and O–H groups in total. The van der Waals surface area contributed by atoms with E-state index < -0.39 is 43.3 Å². The molecule has 0 amide bonds. The lowest BCUT2D eigenvalue weighted by Crippen LogP contribution is -2.16. The Morgan fingerprint density at radius 1 is 0.633 bits per heavy atom. The summed E-state index contributed by atoms with van der Waals surface area (Å²) in [6.07, 6.45) is 0.105. The summed E-state index contributed by atoms with van der Waals surface area (Å²) in [6, 6.07) is 9.36. The Bertz CT molecular complexity index is 981. The molecule has 30 heavy (non-hydrogen) atoms. The lowest BCUT2D eigenvalue weighted by Gasteiger charge is -2.17. The van der Waals surface area contributed by atoms with Crippen molar-refractivity contribution in [2.45, 2.75) is 12.8 Å². The number of nitrogens with zero attached hydrogens (tertiary/aromatic N) is 4. The fraction of sp³-hybridized carbons (Fsp3) is 0.143. The van der Waals surface area contributed by atoms with Crippen LogP contribution in [0.3, 0.4) is 0 Å². The first kappa shape index (κ1) is 21.5. The zero-order valence-electron chi connectivity index (χ0n) is 14.6. The van der Waals surface area contributed by atoms with Gasteiger partial charge in [-0.2, -0.15) is 0 Å². The van der Waals surface area contributed by atoms with Gasteiger partial charge in [0.15, 0.2) is 23.0 Å². The molecule has 0 aliphatic heterocycles. The van der Waals surface area contributed by atoms with Gasteiger partial charge in [-0.3, -0.25) is 19.4 Å². The highest BCUT2D eigenvalue weighted by molar-refractivity contribution is 5.62. The molecule has 0 atom stereocenters. The first-order valence-electron chi connectivity index (χ1n) is 7.70. The summed E-state index contributed by atoms with van der Waals surface area (Å²) < 4.78 is 0. The van der Waals surface area contributed by atoms with Crippen LogP contribution in [-0.4, -0.2) is 20.3 Å². The van der Waals surface area contributed by atoms with Crippen molar-refractivity contribution >= 4 is 0 Å². The predicted molar refractivity (Wildman–Crippen MR) is 90.8 cm³/mol. The van der Waals surface area contributed by atoms with Crippen LogP contribution in [0.25, 0.3) is 0 Å². The SMILES string of the molecule is O=[N+]([O-])Oc1cc(CCc2ccccc2)c(O[N+](=O)[O-])c(O[N+](=O)[O-])c1O[N+](=O)[O-]. The minimum atomic E-state index is -1.48. The van der Waals surface area contributed by atoms with Crippen molar-refractivity contribution in [3.05, 3.63) is 88.0 Å². The highest BCUT2D eigenvalue weighted by Gasteiger charge is 2.28. The molecule has 0 aromatic heterocycles. The van der Waals surface area contributed by atoms with Crippen LogP contribution in [0, 0.1) is 40.5 Å². The van der Waals surface area contributed by atoms with Crippen molar-refractivity contribution in [1.29, 1.82) is 0 Å². The molecule has 0 aliphatic rings. The molecule has 0 heterocycles. The number of hydrogen-bond donors (Lipinski definition) is 0. The Morgan fingerprint density at radius 2 is 1.13 bits per heavy atom. The molecule has 0 unspecified atom stereocenters. The van der Waals surface area contributed by atoms with Crippen molar-refractivity contribution < 1.29 is 39.7 Å². The molecule has 2 aromatic rings. The van der Waals surface area contributed by atoms with E-state index in [4.69, 9.17) is 0 Å². The van der Waals surface area contributed by atoms with Crippen molar-refractivity contribution in [2.75, 3.05) is 0 Å². The Hall–Kier alpha value is -4.76. The van der Waals surface area contributed by atoms with Crippen LogP contribution in [0.1, 0.15) is 11.1 Å². The van der Waals surface area contributed by atoms with E-state index in [1.807, 2.05) is 0 Å². The minimum Gasteiger partial charge on any atom is -0.274 e. The maximum Gasteiger partial charge on any atom is 0.299 e. The van der Waals surface area contributed by atoms with Gasteiger partial charge in [-0.05, 0) is 30.0 Å². The lowest BCUT2D eigenvalue weighted by molar-refractivity contribution is -0.730. The number of benzene rings is 2. The summed E-state index contributed by atoms with van der Waals surface area (Å²) in [5.74, 6) is -4.41. The predicted octanol–water partition coefficient (Wildman–Crippen LogP) is 1.75. The van der Waals surface area contributed by atoms with E-state index >= 15 is 0 Å². The van der Waals surface area contributed by atoms with E-state index in [-0.39, 0.29) is 18.4 Å². The van der Waals surface area contributed by atoms with Gasteiger partial charge >= 0.3 is 0 Å². The molecule has 0 saturated heterocycles. The largest absolute Gasteiger partial charge is 0.299 e. The van der Waals surface area contributed by atoms with Crippen molar-refractivity contribution in [3.63, 3.8) is 0 Å². The zero-order valence-corrected chi connectivity index (χ0v) is 14.6. The fourth-order valence-electron chi connectivity index (χ4n) is 2.40. The molecule has 0 saturated carbocycles. The Morgan fingerprint density at radius 3 is 1.67 bits per heavy atom. The monoisotopic (exact) mass is 426 g/mol. The first-order valence-corrected chi connectivity index (χ1v) is 7.70. The molecule has 2 aromatic carbocycles. The van der Waals surface area contributed by atoms with Crippen LogP contribution in [0.15, 0.2) is 36.4 Å². The maximum atomic E-state index is 10.9. The smallest absolute Gasteiger partial charge is 0.274 e. The normalized spacial score (nSPS) is 10.0. The van der Waals surface area contributed by atoms with Gasteiger partial charge in [0, 0.05) is 0 Å². The van der Waals surface area contributed by atoms with E-state index in [1.165, 1.54) is 0 Å². The van der Waals surface area contributed by atoms with Gasteiger partial charge in [0.2, 0.25) is 0 Å². The molecule has 16 heteroatoms. The quantitative estimate of drug-likeness (QED) is 0.371. The molecule has 0 spiro atoms. The van der Waals surface area contributed by atoms with Gasteiger partial charge in [0.1, 0.15) is 0 Å². The van der Waals surface area contributed by atoms with E-state index in [0.717, 1.165) is 11.6 Å². The van der Waals surface area contributed by atoms with E-state index in [9.17, 15) is 40.5 Å². The van der Waals surface area contributed by atoms with E-state index in [2.05, 4.69) is 19.4 Å². The third-order valence-electron chi connectivity index (χ3n) is 3.43. The number of aryl methyl sites for hydroxylation is 2. The Balaban J connectivity index is 2.66. The summed E-state index contributed by atoms with van der Waals surface area (Å²) in [6.45, 7) is 0. The molecule has 0 bridgehead atoms. The van der Waals surface area contributed by atoms with Crippen molar-refractivity contribution in [3.8, 4) is 23.0 Å². The molecular formula is C14H10N4O12. The van der Waals surface area contributed by atoms with Gasteiger partial charge < -0.3 is 0 Å². The van der Waals surface area contributed by atoms with Gasteiger partial charge in [-0.25, -0.2) is 0 Å². The highest BCUT2D eigenvalue weighted by Crippen LogP contribution is 2.47. The molecule has 0 radical (unpaired) electrons. The Labute approximate surface area is 164 Å². The summed E-state index contributed by atoms with van der Waals surface area (Å²) in [5.41, 5.74) is 0.531. The number of rotatable bonds is 11. The Kier molecular flexibility index (Phi) is 6.78. The third kappa shape index (κ3) is 5.87. The third-order valence-corrected chi connectivity index (χ3v) is 3.43. The van der Waals surface area contributed by atoms with Gasteiger partial charge in [0.05, 0.1) is 0 Å². The fourth-order valence-corrected chi connectivity index (χ4v) is 2.40. The second-order valence-corrected chi connectivity index (χ2v) is 5.27. The standard InChI is InChI=1S/C14H10N4O12/c19-15(20)27-11-8-10(7-6-9-4-2-1-3-5-9)12(28-16(21)22)14(30-18(25)26)13(11)29-17(23)24/h1-5,8H,6-7H2. The van der Waals surface area contributed by atoms with E-state index in [0.29, 0.717) is 0 Å². The maximum absolute atomic E-state index is 10.9. The van der Waals surface area contributed by atoms with Gasteiger partial charge in [-0.1, -0.05) is 30.3 Å². The molecule has 0 aliphatic carbocycles. The second kappa shape index (κ2) is 9.44. The first-order chi connectivity index (χ1) is 14.2. The zero-order chi connectivity index (χ0) is 22.3. The summed E-state index contributed by atoms with van der Waals surface area (Å²) in [5, 5.41) is 37.5. The lowest BCUT2D eigenvalue weighted by atomic mass is 10.0. The van der Waals surface area contributed by atoms with Gasteiger partial charge in [0.25, 0.3) is 20.3 Å². The average Bonchev–Trinajstić information content (AvgIpc) is 2.64. The molecule has 16 nitrogen and oxygen atoms in total. The van der Waals surface area contributed by atoms with Crippen molar-refractivity contribution in [2.24, 2.45) is 0 Å². The van der Waals surface area contributed by atoms with Gasteiger partial charge in [-0.15, -0.1) is 40.5 Å². The van der Waals surface area contributed by atoms with Crippen LogP contribution in [-0.2, 0) is 12.8 Å². The number of hydrogen-bond acceptors (Lipinski definition) is 12. The minimum absolute atomic E-state index is 0.103. The summed E-state index contributed by atoms with van der Waals surface area (Å²) in [4.78, 5) is 59.9. The second-order valence-electron chi connectivity index (χ2n) is 5.27. The highest BCUT2D eigenvalue weighted by atomic mass is 17.0. The van der Waals surface area contributed by atoms with Crippen LogP contribution >= 0.6 is 0 Å².